The summed E-state index contributed by atoms with van der Waals surface area (Å²) in [7, 11) is 0. The van der Waals surface area contributed by atoms with Crippen molar-refractivity contribution in [1.82, 2.24) is 0 Å². The van der Waals surface area contributed by atoms with E-state index in [0.717, 1.165) is 5.57 Å². The highest BCUT2D eigenvalue weighted by atomic mass is 13.8. The van der Waals surface area contributed by atoms with Gasteiger partial charge in [-0.05, 0) is 12.5 Å². The molecule has 0 N–H and O–H groups in total. The fraction of sp³-hybridized carbons (Fsp3) is 0.0667. The van der Waals surface area contributed by atoms with Crippen molar-refractivity contribution >= 4 is 6.08 Å². The van der Waals surface area contributed by atoms with Crippen LogP contribution in [-0.2, 0) is 0 Å². The summed E-state index contributed by atoms with van der Waals surface area (Å²) in [6.07, 6.45) is 12.1. The van der Waals surface area contributed by atoms with Crippen LogP contribution in [0.15, 0.2) is 72.9 Å². The molecule has 0 amide bonds. The highest BCUT2D eigenvalue weighted by Crippen LogP contribution is 2.00. The minimum Gasteiger partial charge on any atom is -0.0961 e. The quantitative estimate of drug-likeness (QED) is 0.626. The van der Waals surface area contributed by atoms with Gasteiger partial charge in [-0.15, -0.1) is 0 Å². The largest absolute Gasteiger partial charge is 0.0961 e. The van der Waals surface area contributed by atoms with Gasteiger partial charge in [0, 0.05) is 0 Å². The number of allylic oxidation sites excluding steroid dienone is 6. The molecule has 0 atom stereocenters. The second-order valence-corrected chi connectivity index (χ2v) is 3.36. The number of hydrogen-bond donors (Lipinski definition) is 0. The van der Waals surface area contributed by atoms with Crippen LogP contribution >= 0.6 is 0 Å². The maximum atomic E-state index is 3.78. The van der Waals surface area contributed by atoms with Gasteiger partial charge in [-0.1, -0.05) is 78.9 Å². The van der Waals surface area contributed by atoms with Crippen molar-refractivity contribution in [2.45, 2.75) is 6.92 Å². The van der Waals surface area contributed by atoms with Crippen LogP contribution in [0.3, 0.4) is 0 Å². The molecule has 1 rings (SSSR count). The molecule has 1 aromatic rings. The van der Waals surface area contributed by atoms with Gasteiger partial charge in [0.05, 0.1) is 0 Å². The van der Waals surface area contributed by atoms with Crippen molar-refractivity contribution < 1.29 is 0 Å². The molecule has 0 unspecified atom stereocenters. The zero-order valence-corrected chi connectivity index (χ0v) is 9.06. The van der Waals surface area contributed by atoms with Gasteiger partial charge in [-0.2, -0.15) is 0 Å². The van der Waals surface area contributed by atoms with Gasteiger partial charge in [-0.25, -0.2) is 0 Å². The molecule has 0 aliphatic rings. The molecule has 0 saturated carbocycles. The molecule has 15 heavy (non-hydrogen) atoms. The van der Waals surface area contributed by atoms with E-state index < -0.39 is 0 Å². The number of rotatable bonds is 4. The number of hydrogen-bond acceptors (Lipinski definition) is 0. The van der Waals surface area contributed by atoms with E-state index in [4.69, 9.17) is 0 Å². The van der Waals surface area contributed by atoms with E-state index in [-0.39, 0.29) is 0 Å². The molecule has 0 heterocycles. The van der Waals surface area contributed by atoms with Crippen LogP contribution in [0.25, 0.3) is 6.08 Å². The molecule has 0 saturated heterocycles. The molecule has 0 heteroatoms. The Balaban J connectivity index is 2.44. The monoisotopic (exact) mass is 196 g/mol. The first-order valence-corrected chi connectivity index (χ1v) is 5.01. The highest BCUT2D eigenvalue weighted by molar-refractivity contribution is 5.50. The lowest BCUT2D eigenvalue weighted by atomic mass is 10.2. The van der Waals surface area contributed by atoms with Crippen molar-refractivity contribution in [3.05, 3.63) is 78.4 Å². The van der Waals surface area contributed by atoms with Gasteiger partial charge in [0.2, 0.25) is 0 Å². The normalized spacial score (nSPS) is 11.8. The summed E-state index contributed by atoms with van der Waals surface area (Å²) in [5, 5.41) is 0. The molecular formula is C15H16. The van der Waals surface area contributed by atoms with Crippen LogP contribution in [0.4, 0.5) is 0 Å². The highest BCUT2D eigenvalue weighted by Gasteiger charge is 1.79. The Morgan fingerprint density at radius 2 is 1.67 bits per heavy atom. The zero-order chi connectivity index (χ0) is 10.9. The summed E-state index contributed by atoms with van der Waals surface area (Å²) in [6.45, 7) is 5.76. The average molecular weight is 196 g/mol. The summed E-state index contributed by atoms with van der Waals surface area (Å²) >= 11 is 0. The maximum absolute atomic E-state index is 3.78. The first-order chi connectivity index (χ1) is 7.29. The summed E-state index contributed by atoms with van der Waals surface area (Å²) in [6, 6.07) is 10.2. The molecule has 0 aromatic heterocycles. The zero-order valence-electron chi connectivity index (χ0n) is 9.06. The van der Waals surface area contributed by atoms with Gasteiger partial charge in [0.25, 0.3) is 0 Å². The third kappa shape index (κ3) is 5.48. The van der Waals surface area contributed by atoms with Gasteiger partial charge in [0.15, 0.2) is 0 Å². The van der Waals surface area contributed by atoms with Crippen LogP contribution in [0.2, 0.25) is 0 Å². The van der Waals surface area contributed by atoms with Gasteiger partial charge < -0.3 is 0 Å². The summed E-state index contributed by atoms with van der Waals surface area (Å²) < 4.78 is 0. The predicted octanol–water partition coefficient (Wildman–Crippen LogP) is 4.39. The van der Waals surface area contributed by atoms with E-state index in [1.54, 1.807) is 0 Å². The Morgan fingerprint density at radius 1 is 1.00 bits per heavy atom. The van der Waals surface area contributed by atoms with Gasteiger partial charge in [0.1, 0.15) is 0 Å². The molecule has 0 nitrogen and oxygen atoms in total. The molecule has 0 aliphatic carbocycles. The lowest BCUT2D eigenvalue weighted by molar-refractivity contribution is 1.56. The van der Waals surface area contributed by atoms with Crippen molar-refractivity contribution in [3.8, 4) is 0 Å². The van der Waals surface area contributed by atoms with Crippen LogP contribution in [0.5, 0.6) is 0 Å². The number of benzene rings is 1. The Morgan fingerprint density at radius 3 is 2.33 bits per heavy atom. The first kappa shape index (κ1) is 11.3. The lowest BCUT2D eigenvalue weighted by Crippen LogP contribution is -1.66. The topological polar surface area (TPSA) is 0 Å². The van der Waals surface area contributed by atoms with Crippen molar-refractivity contribution in [3.63, 3.8) is 0 Å². The van der Waals surface area contributed by atoms with E-state index in [1.807, 2.05) is 55.5 Å². The smallest absolute Gasteiger partial charge is 0.0257 e. The molecular weight excluding hydrogens is 180 g/mol. The van der Waals surface area contributed by atoms with Crippen molar-refractivity contribution in [1.29, 1.82) is 0 Å². The maximum Gasteiger partial charge on any atom is -0.0257 e. The van der Waals surface area contributed by atoms with E-state index in [1.165, 1.54) is 5.56 Å². The molecule has 76 valence electrons. The van der Waals surface area contributed by atoms with Crippen LogP contribution in [0, 0.1) is 0 Å². The third-order valence-corrected chi connectivity index (χ3v) is 1.80. The van der Waals surface area contributed by atoms with Gasteiger partial charge in [-0.3, -0.25) is 0 Å². The molecule has 0 bridgehead atoms. The average Bonchev–Trinajstić information content (AvgIpc) is 2.24. The van der Waals surface area contributed by atoms with Crippen LogP contribution in [-0.4, -0.2) is 0 Å². The van der Waals surface area contributed by atoms with Crippen LogP contribution < -0.4 is 0 Å². The van der Waals surface area contributed by atoms with Gasteiger partial charge >= 0.3 is 0 Å². The van der Waals surface area contributed by atoms with E-state index in [9.17, 15) is 0 Å². The predicted molar refractivity (Wildman–Crippen MR) is 68.6 cm³/mol. The van der Waals surface area contributed by atoms with E-state index >= 15 is 0 Å². The molecule has 0 fully saturated rings. The van der Waals surface area contributed by atoms with E-state index in [0.29, 0.717) is 0 Å². The second kappa shape index (κ2) is 6.61. The van der Waals surface area contributed by atoms with Crippen LogP contribution in [0.1, 0.15) is 12.5 Å². The summed E-state index contributed by atoms with van der Waals surface area (Å²) in [5.41, 5.74) is 2.28. The molecule has 0 radical (unpaired) electrons. The van der Waals surface area contributed by atoms with Crippen molar-refractivity contribution in [2.75, 3.05) is 0 Å². The summed E-state index contributed by atoms with van der Waals surface area (Å²) in [4.78, 5) is 0. The Hall–Kier alpha value is -1.82. The summed E-state index contributed by atoms with van der Waals surface area (Å²) in [5.74, 6) is 0. The standard InChI is InChI=1S/C15H16/c1-14(2)10-6-3-4-7-11-15-12-8-5-9-13-15/h3-13H,1H2,2H3/b4-3+,10-6+,11-7+. The third-order valence-electron chi connectivity index (χ3n) is 1.80. The van der Waals surface area contributed by atoms with Crippen molar-refractivity contribution in [2.24, 2.45) is 0 Å². The first-order valence-electron chi connectivity index (χ1n) is 5.01. The molecule has 1 aromatic carbocycles. The Kier molecular flexibility index (Phi) is 4.96. The fourth-order valence-electron chi connectivity index (χ4n) is 1.08. The minimum absolute atomic E-state index is 1.06. The fourth-order valence-corrected chi connectivity index (χ4v) is 1.08. The minimum atomic E-state index is 1.06. The Bertz CT molecular complexity index is 378. The molecule has 0 spiro atoms. The van der Waals surface area contributed by atoms with E-state index in [2.05, 4.69) is 24.8 Å². The Labute approximate surface area is 92.0 Å². The molecule has 0 aliphatic heterocycles. The lowest BCUT2D eigenvalue weighted by Gasteiger charge is -1.88. The second-order valence-electron chi connectivity index (χ2n) is 3.36. The SMILES string of the molecule is C=C(C)/C=C/C=C/C=C/c1ccccc1.